The van der Waals surface area contributed by atoms with Gasteiger partial charge in [0.15, 0.2) is 11.6 Å². The molecule has 0 saturated carbocycles. The highest BCUT2D eigenvalue weighted by molar-refractivity contribution is 5.90. The summed E-state index contributed by atoms with van der Waals surface area (Å²) in [4.78, 5) is 20.0. The predicted octanol–water partition coefficient (Wildman–Crippen LogP) is 0.318. The fraction of sp³-hybridized carbons (Fsp3) is 0.467. The second kappa shape index (κ2) is 7.40. The summed E-state index contributed by atoms with van der Waals surface area (Å²) in [7, 11) is 0. The molecule has 10 nitrogen and oxygen atoms in total. The summed E-state index contributed by atoms with van der Waals surface area (Å²) in [6.45, 7) is 1.88. The summed E-state index contributed by atoms with van der Waals surface area (Å²) < 4.78 is 36.0. The van der Waals surface area contributed by atoms with Crippen molar-refractivity contribution in [3.8, 4) is 0 Å². The molecule has 1 aromatic carbocycles. The quantitative estimate of drug-likeness (QED) is 0.809. The van der Waals surface area contributed by atoms with Crippen LogP contribution in [0.1, 0.15) is 0 Å². The summed E-state index contributed by atoms with van der Waals surface area (Å²) in [5.41, 5.74) is 2.66. The number of hydroxylamine groups is 1. The highest BCUT2D eigenvalue weighted by Crippen LogP contribution is 2.31. The smallest absolute Gasteiger partial charge is 0.414 e. The van der Waals surface area contributed by atoms with Gasteiger partial charge in [-0.15, -0.1) is 5.10 Å². The Morgan fingerprint density at radius 3 is 2.81 bits per heavy atom. The molecule has 4 rings (SSSR count). The molecule has 1 amide bonds. The van der Waals surface area contributed by atoms with Gasteiger partial charge in [0, 0.05) is 31.8 Å². The lowest BCUT2D eigenvalue weighted by atomic mass is 10.2. The lowest BCUT2D eigenvalue weighted by molar-refractivity contribution is 0.0589. The molecule has 3 heterocycles. The highest BCUT2D eigenvalue weighted by Gasteiger charge is 2.34. The number of carbonyl (C=O) groups is 1. The van der Waals surface area contributed by atoms with Crippen LogP contribution in [-0.4, -0.2) is 65.2 Å². The van der Waals surface area contributed by atoms with Gasteiger partial charge in [-0.1, -0.05) is 0 Å². The number of anilines is 2. The first-order chi connectivity index (χ1) is 13.1. The minimum absolute atomic E-state index is 0.0992. The number of rotatable bonds is 4. The van der Waals surface area contributed by atoms with Crippen molar-refractivity contribution in [3.63, 3.8) is 0 Å². The number of hydrogen-bond donors (Lipinski definition) is 1. The van der Waals surface area contributed by atoms with E-state index < -0.39 is 23.8 Å². The summed E-state index contributed by atoms with van der Waals surface area (Å²) in [5, 5.41) is 10.7. The SMILES string of the molecule is O=C1O[C@@H](Cn2cnnn2)CN1c1cc(F)c(N2CCNOCC2)c(F)c1. The van der Waals surface area contributed by atoms with Gasteiger partial charge in [-0.05, 0) is 10.4 Å². The zero-order chi connectivity index (χ0) is 18.8. The number of halogens is 2. The fourth-order valence-electron chi connectivity index (χ4n) is 3.13. The molecule has 1 atom stereocenters. The molecule has 2 saturated heterocycles. The lowest BCUT2D eigenvalue weighted by Gasteiger charge is -2.24. The Balaban J connectivity index is 1.53. The average Bonchev–Trinajstić information content (AvgIpc) is 3.18. The molecule has 2 aromatic rings. The molecule has 2 fully saturated rings. The predicted molar refractivity (Wildman–Crippen MR) is 88.0 cm³/mol. The van der Waals surface area contributed by atoms with Crippen LogP contribution in [0, 0.1) is 11.6 Å². The van der Waals surface area contributed by atoms with Crippen LogP contribution in [0.4, 0.5) is 25.0 Å². The van der Waals surface area contributed by atoms with Crippen molar-refractivity contribution in [1.82, 2.24) is 25.7 Å². The Morgan fingerprint density at radius 2 is 2.07 bits per heavy atom. The average molecular weight is 381 g/mol. The first-order valence-corrected chi connectivity index (χ1v) is 8.39. The first kappa shape index (κ1) is 17.5. The topological polar surface area (TPSA) is 97.6 Å². The van der Waals surface area contributed by atoms with Crippen LogP contribution < -0.4 is 15.3 Å². The lowest BCUT2D eigenvalue weighted by Crippen LogP contribution is -2.31. The number of nitrogens with zero attached hydrogens (tertiary/aromatic N) is 6. The summed E-state index contributed by atoms with van der Waals surface area (Å²) in [5.74, 6) is -1.49. The maximum Gasteiger partial charge on any atom is 0.414 e. The second-order valence-corrected chi connectivity index (χ2v) is 6.14. The molecule has 0 bridgehead atoms. The second-order valence-electron chi connectivity index (χ2n) is 6.14. The Morgan fingerprint density at radius 1 is 1.26 bits per heavy atom. The molecular formula is C15H17F2N7O3. The van der Waals surface area contributed by atoms with Gasteiger partial charge in [0.25, 0.3) is 0 Å². The molecule has 0 aliphatic carbocycles. The molecule has 0 radical (unpaired) electrons. The van der Waals surface area contributed by atoms with Gasteiger partial charge >= 0.3 is 6.09 Å². The van der Waals surface area contributed by atoms with E-state index in [0.29, 0.717) is 26.2 Å². The summed E-state index contributed by atoms with van der Waals surface area (Å²) in [6, 6.07) is 2.27. The normalized spacial score (nSPS) is 20.7. The van der Waals surface area contributed by atoms with Gasteiger partial charge in [-0.25, -0.2) is 23.7 Å². The summed E-state index contributed by atoms with van der Waals surface area (Å²) >= 11 is 0. The van der Waals surface area contributed by atoms with Crippen molar-refractivity contribution in [1.29, 1.82) is 0 Å². The number of tetrazole rings is 1. The highest BCUT2D eigenvalue weighted by atomic mass is 19.1. The molecule has 144 valence electrons. The van der Waals surface area contributed by atoms with Crippen LogP contribution in [0.3, 0.4) is 0 Å². The number of nitrogens with one attached hydrogen (secondary N) is 1. The van der Waals surface area contributed by atoms with Crippen molar-refractivity contribution in [2.45, 2.75) is 12.6 Å². The van der Waals surface area contributed by atoms with E-state index in [-0.39, 0.29) is 24.5 Å². The van der Waals surface area contributed by atoms with E-state index in [2.05, 4.69) is 21.0 Å². The number of amides is 1. The Kier molecular flexibility index (Phi) is 4.81. The van der Waals surface area contributed by atoms with Crippen molar-refractivity contribution in [2.75, 3.05) is 42.6 Å². The van der Waals surface area contributed by atoms with E-state index in [1.807, 2.05) is 0 Å². The van der Waals surface area contributed by atoms with E-state index in [1.165, 1.54) is 15.9 Å². The largest absolute Gasteiger partial charge is 0.442 e. The van der Waals surface area contributed by atoms with Crippen molar-refractivity contribution >= 4 is 17.5 Å². The number of hydrogen-bond acceptors (Lipinski definition) is 8. The van der Waals surface area contributed by atoms with Gasteiger partial charge in [-0.3, -0.25) is 9.74 Å². The molecule has 2 aliphatic rings. The number of cyclic esters (lactones) is 1. The van der Waals surface area contributed by atoms with E-state index >= 15 is 0 Å². The molecule has 12 heteroatoms. The van der Waals surface area contributed by atoms with Crippen LogP contribution in [0.15, 0.2) is 18.5 Å². The molecule has 0 spiro atoms. The molecule has 2 aliphatic heterocycles. The van der Waals surface area contributed by atoms with E-state index in [4.69, 9.17) is 9.57 Å². The van der Waals surface area contributed by atoms with Gasteiger partial charge in [0.05, 0.1) is 25.4 Å². The van der Waals surface area contributed by atoms with Crippen LogP contribution in [0.25, 0.3) is 0 Å². The van der Waals surface area contributed by atoms with Crippen molar-refractivity contribution in [2.24, 2.45) is 0 Å². The third-order valence-electron chi connectivity index (χ3n) is 4.33. The van der Waals surface area contributed by atoms with Crippen LogP contribution in [0.5, 0.6) is 0 Å². The molecule has 0 unspecified atom stereocenters. The third kappa shape index (κ3) is 3.66. The van der Waals surface area contributed by atoms with Crippen LogP contribution in [-0.2, 0) is 16.1 Å². The Bertz CT molecular complexity index is 789. The van der Waals surface area contributed by atoms with Gasteiger partial charge in [0.1, 0.15) is 18.1 Å². The third-order valence-corrected chi connectivity index (χ3v) is 4.33. The number of benzene rings is 1. The van der Waals surface area contributed by atoms with Gasteiger partial charge in [-0.2, -0.15) is 0 Å². The number of carbonyl (C=O) groups excluding carboxylic acids is 1. The van der Waals surface area contributed by atoms with Crippen molar-refractivity contribution in [3.05, 3.63) is 30.1 Å². The van der Waals surface area contributed by atoms with E-state index in [0.717, 1.165) is 12.1 Å². The zero-order valence-corrected chi connectivity index (χ0v) is 14.2. The fourth-order valence-corrected chi connectivity index (χ4v) is 3.13. The van der Waals surface area contributed by atoms with Crippen molar-refractivity contribution < 1.29 is 23.1 Å². The standard InChI is InChI=1S/C15H17F2N7O3/c16-12-5-10(6-13(17)14(12)22-2-1-19-26-4-3-22)24-8-11(27-15(24)25)7-23-9-18-20-21-23/h5-6,9,11,19H,1-4,7-8H2/t11-/m0/s1. The van der Waals surface area contributed by atoms with Crippen LogP contribution in [0.2, 0.25) is 0 Å². The maximum absolute atomic E-state index is 14.7. The minimum Gasteiger partial charge on any atom is -0.442 e. The monoisotopic (exact) mass is 381 g/mol. The van der Waals surface area contributed by atoms with Gasteiger partial charge < -0.3 is 9.64 Å². The Hall–Kier alpha value is -2.86. The van der Waals surface area contributed by atoms with Crippen LogP contribution >= 0.6 is 0 Å². The number of ether oxygens (including phenoxy) is 1. The Labute approximate surface area is 152 Å². The zero-order valence-electron chi connectivity index (χ0n) is 14.2. The molecule has 27 heavy (non-hydrogen) atoms. The van der Waals surface area contributed by atoms with E-state index in [9.17, 15) is 13.6 Å². The molecule has 1 N–H and O–H groups in total. The molecule has 1 aromatic heterocycles. The minimum atomic E-state index is -0.747. The van der Waals surface area contributed by atoms with Gasteiger partial charge in [0.2, 0.25) is 0 Å². The van der Waals surface area contributed by atoms with E-state index in [1.54, 1.807) is 4.90 Å². The first-order valence-electron chi connectivity index (χ1n) is 8.39. The molecular weight excluding hydrogens is 364 g/mol. The maximum atomic E-state index is 14.7. The summed E-state index contributed by atoms with van der Waals surface area (Å²) in [6.07, 6.45) is 0.192. The number of aromatic nitrogens is 4.